The van der Waals surface area contributed by atoms with Crippen LogP contribution in [0.3, 0.4) is 0 Å². The average molecular weight is 432 g/mol. The van der Waals surface area contributed by atoms with Gasteiger partial charge in [-0.3, -0.25) is 0 Å². The third-order valence-electron chi connectivity index (χ3n) is 2.91. The van der Waals surface area contributed by atoms with Crippen LogP contribution >= 0.6 is 38.5 Å². The summed E-state index contributed by atoms with van der Waals surface area (Å²) in [5, 5.41) is 3.46. The van der Waals surface area contributed by atoms with Gasteiger partial charge in [-0.25, -0.2) is 0 Å². The zero-order valence-corrected chi connectivity index (χ0v) is 14.6. The highest BCUT2D eigenvalue weighted by molar-refractivity contribution is 14.1. The quantitative estimate of drug-likeness (QED) is 0.689. The molecule has 0 aliphatic heterocycles. The van der Waals surface area contributed by atoms with Crippen molar-refractivity contribution < 1.29 is 4.74 Å². The lowest BCUT2D eigenvalue weighted by Gasteiger charge is -2.12. The molecule has 1 N–H and O–H groups in total. The number of anilines is 1. The lowest BCUT2D eigenvalue weighted by molar-refractivity contribution is 0.414. The summed E-state index contributed by atoms with van der Waals surface area (Å²) in [5.74, 6) is 0.874. The highest BCUT2D eigenvalue weighted by Gasteiger charge is 2.04. The van der Waals surface area contributed by atoms with Crippen LogP contribution in [0.2, 0.25) is 0 Å². The van der Waals surface area contributed by atoms with Crippen molar-refractivity contribution in [3.63, 3.8) is 0 Å². The normalized spacial score (nSPS) is 10.3. The maximum Gasteiger partial charge on any atom is 0.119 e. The average Bonchev–Trinajstić information content (AvgIpc) is 2.39. The molecule has 100 valence electrons. The van der Waals surface area contributed by atoms with Crippen LogP contribution in [-0.4, -0.2) is 7.11 Å². The third-order valence-corrected chi connectivity index (χ3v) is 4.36. The minimum absolute atomic E-state index is 0.763. The number of hydrogen-bond donors (Lipinski definition) is 1. The van der Waals surface area contributed by atoms with E-state index in [2.05, 4.69) is 69.0 Å². The molecule has 4 heteroatoms. The fraction of sp³-hybridized carbons (Fsp3) is 0.200. The SMILES string of the molecule is COc1ccc(Br)c(CNc2ccc(I)cc2C)c1. The molecule has 2 nitrogen and oxygen atoms in total. The second kappa shape index (κ2) is 6.61. The summed E-state index contributed by atoms with van der Waals surface area (Å²) in [6.07, 6.45) is 0. The Bertz CT molecular complexity index is 586. The summed E-state index contributed by atoms with van der Waals surface area (Å²) in [5.41, 5.74) is 3.60. The number of hydrogen-bond acceptors (Lipinski definition) is 2. The number of nitrogens with one attached hydrogen (secondary N) is 1. The topological polar surface area (TPSA) is 21.3 Å². The van der Waals surface area contributed by atoms with E-state index in [1.807, 2.05) is 18.2 Å². The van der Waals surface area contributed by atoms with Gasteiger partial charge in [-0.1, -0.05) is 15.9 Å². The van der Waals surface area contributed by atoms with Gasteiger partial charge in [-0.05, 0) is 77.0 Å². The summed E-state index contributed by atoms with van der Waals surface area (Å²) < 4.78 is 7.59. The molecule has 0 heterocycles. The van der Waals surface area contributed by atoms with Gasteiger partial charge in [0.25, 0.3) is 0 Å². The molecule has 0 bridgehead atoms. The third kappa shape index (κ3) is 3.86. The summed E-state index contributed by atoms with van der Waals surface area (Å²) in [7, 11) is 1.68. The molecule has 19 heavy (non-hydrogen) atoms. The lowest BCUT2D eigenvalue weighted by Crippen LogP contribution is -2.02. The molecule has 0 radical (unpaired) electrons. The summed E-state index contributed by atoms with van der Waals surface area (Å²) >= 11 is 5.89. The van der Waals surface area contributed by atoms with E-state index in [9.17, 15) is 0 Å². The fourth-order valence-corrected chi connectivity index (χ4v) is 2.86. The minimum atomic E-state index is 0.763. The lowest BCUT2D eigenvalue weighted by atomic mass is 10.1. The summed E-state index contributed by atoms with van der Waals surface area (Å²) in [6.45, 7) is 2.88. The van der Waals surface area contributed by atoms with Gasteiger partial charge in [0.1, 0.15) is 5.75 Å². The van der Waals surface area contributed by atoms with Crippen molar-refractivity contribution in [3.05, 3.63) is 55.6 Å². The van der Waals surface area contributed by atoms with Gasteiger partial charge in [0, 0.05) is 20.3 Å². The first kappa shape index (κ1) is 14.7. The number of halogens is 2. The van der Waals surface area contributed by atoms with Crippen molar-refractivity contribution in [2.45, 2.75) is 13.5 Å². The molecule has 2 aromatic carbocycles. The van der Waals surface area contributed by atoms with E-state index < -0.39 is 0 Å². The fourth-order valence-electron chi connectivity index (χ4n) is 1.83. The molecule has 0 aliphatic carbocycles. The van der Waals surface area contributed by atoms with E-state index in [1.54, 1.807) is 7.11 Å². The first-order valence-electron chi connectivity index (χ1n) is 5.92. The van der Waals surface area contributed by atoms with E-state index in [4.69, 9.17) is 4.74 Å². The standard InChI is InChI=1S/C15H15BrINO/c1-10-7-12(17)3-6-15(10)18-9-11-8-13(19-2)4-5-14(11)16/h3-8,18H,9H2,1-2H3. The molecule has 0 atom stereocenters. The first-order valence-corrected chi connectivity index (χ1v) is 7.80. The van der Waals surface area contributed by atoms with Gasteiger partial charge in [0.2, 0.25) is 0 Å². The van der Waals surface area contributed by atoms with Gasteiger partial charge in [-0.2, -0.15) is 0 Å². The molecule has 0 amide bonds. The molecule has 2 aromatic rings. The van der Waals surface area contributed by atoms with E-state index in [0.29, 0.717) is 0 Å². The number of aryl methyl sites for hydroxylation is 1. The first-order chi connectivity index (χ1) is 9.10. The Hall–Kier alpha value is -0.750. The molecular weight excluding hydrogens is 417 g/mol. The Balaban J connectivity index is 2.14. The minimum Gasteiger partial charge on any atom is -0.497 e. The van der Waals surface area contributed by atoms with Crippen LogP contribution in [-0.2, 0) is 6.54 Å². The van der Waals surface area contributed by atoms with Crippen LogP contribution in [0.4, 0.5) is 5.69 Å². The Labute approximate surface area is 135 Å². The molecule has 0 saturated heterocycles. The Morgan fingerprint density at radius 1 is 1.21 bits per heavy atom. The Kier molecular flexibility index (Phi) is 5.10. The largest absolute Gasteiger partial charge is 0.497 e. The van der Waals surface area contributed by atoms with Crippen molar-refractivity contribution in [2.75, 3.05) is 12.4 Å². The maximum atomic E-state index is 5.25. The number of benzene rings is 2. The van der Waals surface area contributed by atoms with Gasteiger partial charge < -0.3 is 10.1 Å². The maximum absolute atomic E-state index is 5.25. The van der Waals surface area contributed by atoms with Crippen LogP contribution < -0.4 is 10.1 Å². The highest BCUT2D eigenvalue weighted by Crippen LogP contribution is 2.24. The van der Waals surface area contributed by atoms with Crippen molar-refractivity contribution in [1.82, 2.24) is 0 Å². The smallest absolute Gasteiger partial charge is 0.119 e. The van der Waals surface area contributed by atoms with Crippen molar-refractivity contribution >= 4 is 44.2 Å². The predicted octanol–water partition coefficient (Wildman–Crippen LogP) is 4.98. The number of methoxy groups -OCH3 is 1. The van der Waals surface area contributed by atoms with Crippen LogP contribution in [0, 0.1) is 10.5 Å². The molecular formula is C15H15BrINO. The van der Waals surface area contributed by atoms with Crippen LogP contribution in [0.25, 0.3) is 0 Å². The zero-order chi connectivity index (χ0) is 13.8. The van der Waals surface area contributed by atoms with Gasteiger partial charge in [-0.15, -0.1) is 0 Å². The molecule has 0 aromatic heterocycles. The van der Waals surface area contributed by atoms with Crippen LogP contribution in [0.5, 0.6) is 5.75 Å². The van der Waals surface area contributed by atoms with Gasteiger partial charge >= 0.3 is 0 Å². The molecule has 0 saturated carbocycles. The monoisotopic (exact) mass is 431 g/mol. The van der Waals surface area contributed by atoms with Crippen molar-refractivity contribution in [1.29, 1.82) is 0 Å². The Morgan fingerprint density at radius 3 is 2.68 bits per heavy atom. The summed E-state index contributed by atoms with van der Waals surface area (Å²) in [4.78, 5) is 0. The van der Waals surface area contributed by atoms with Crippen LogP contribution in [0.15, 0.2) is 40.9 Å². The predicted molar refractivity (Wildman–Crippen MR) is 91.9 cm³/mol. The van der Waals surface area contributed by atoms with E-state index in [0.717, 1.165) is 22.5 Å². The number of rotatable bonds is 4. The van der Waals surface area contributed by atoms with Gasteiger partial charge in [0.15, 0.2) is 0 Å². The van der Waals surface area contributed by atoms with Crippen molar-refractivity contribution in [3.8, 4) is 5.75 Å². The summed E-state index contributed by atoms with van der Waals surface area (Å²) in [6, 6.07) is 12.4. The Morgan fingerprint density at radius 2 is 2.00 bits per heavy atom. The van der Waals surface area contributed by atoms with Crippen LogP contribution in [0.1, 0.15) is 11.1 Å². The second-order valence-corrected chi connectivity index (χ2v) is 6.37. The number of ether oxygens (including phenoxy) is 1. The highest BCUT2D eigenvalue weighted by atomic mass is 127. The zero-order valence-electron chi connectivity index (χ0n) is 10.8. The van der Waals surface area contributed by atoms with Gasteiger partial charge in [0.05, 0.1) is 7.11 Å². The van der Waals surface area contributed by atoms with Crippen molar-refractivity contribution in [2.24, 2.45) is 0 Å². The molecule has 0 fully saturated rings. The van der Waals surface area contributed by atoms with E-state index in [-0.39, 0.29) is 0 Å². The molecule has 2 rings (SSSR count). The van der Waals surface area contributed by atoms with E-state index in [1.165, 1.54) is 14.7 Å². The molecule has 0 spiro atoms. The second-order valence-electron chi connectivity index (χ2n) is 4.27. The molecule has 0 unspecified atom stereocenters. The molecule has 0 aliphatic rings. The van der Waals surface area contributed by atoms with E-state index >= 15 is 0 Å².